The van der Waals surface area contributed by atoms with Crippen LogP contribution in [0.3, 0.4) is 0 Å². The second-order valence-electron chi connectivity index (χ2n) is 3.85. The Balaban J connectivity index is 2.97. The Morgan fingerprint density at radius 3 is 2.61 bits per heavy atom. The fraction of sp³-hybridized carbons (Fsp3) is 0.385. The van der Waals surface area contributed by atoms with Crippen molar-refractivity contribution in [3.8, 4) is 5.75 Å². The summed E-state index contributed by atoms with van der Waals surface area (Å²) in [5.74, 6) is -0.700. The molecule has 98 valence electrons. The molecule has 0 fully saturated rings. The number of ether oxygens (including phenoxy) is 1. The van der Waals surface area contributed by atoms with Gasteiger partial charge in [-0.3, -0.25) is 9.59 Å². The second-order valence-corrected chi connectivity index (χ2v) is 3.85. The number of rotatable bonds is 4. The molecule has 0 saturated carbocycles. The van der Waals surface area contributed by atoms with Crippen LogP contribution in [0.1, 0.15) is 22.8 Å². The number of phenolic OH excluding ortho intramolecular Hbond substituents is 1. The van der Waals surface area contributed by atoms with Gasteiger partial charge in [0, 0.05) is 17.7 Å². The Hall–Kier alpha value is -2.04. The van der Waals surface area contributed by atoms with E-state index in [-0.39, 0.29) is 18.2 Å². The number of amides is 1. The van der Waals surface area contributed by atoms with Crippen LogP contribution in [0.25, 0.3) is 0 Å². The predicted molar refractivity (Wildman–Crippen MR) is 66.4 cm³/mol. The summed E-state index contributed by atoms with van der Waals surface area (Å²) >= 11 is 0. The fourth-order valence-electron chi connectivity index (χ4n) is 1.57. The summed E-state index contributed by atoms with van der Waals surface area (Å²) in [4.78, 5) is 24.8. The molecular formula is C13H17NO4. The van der Waals surface area contributed by atoms with Gasteiger partial charge in [-0.25, -0.2) is 0 Å². The van der Waals surface area contributed by atoms with Crippen molar-refractivity contribution < 1.29 is 19.4 Å². The van der Waals surface area contributed by atoms with E-state index in [1.54, 1.807) is 26.0 Å². The van der Waals surface area contributed by atoms with Crippen LogP contribution in [-0.4, -0.2) is 42.1 Å². The molecule has 1 amide bonds. The average molecular weight is 251 g/mol. The highest BCUT2D eigenvalue weighted by molar-refractivity contribution is 5.97. The highest BCUT2D eigenvalue weighted by Gasteiger charge is 2.20. The van der Waals surface area contributed by atoms with E-state index in [2.05, 4.69) is 4.74 Å². The van der Waals surface area contributed by atoms with Crippen LogP contribution in [0, 0.1) is 6.92 Å². The molecule has 5 heteroatoms. The average Bonchev–Trinajstić information content (AvgIpc) is 2.38. The summed E-state index contributed by atoms with van der Waals surface area (Å²) in [7, 11) is 1.28. The van der Waals surface area contributed by atoms with Crippen molar-refractivity contribution in [2.75, 3.05) is 20.2 Å². The zero-order valence-corrected chi connectivity index (χ0v) is 10.8. The fourth-order valence-corrected chi connectivity index (χ4v) is 1.57. The maximum absolute atomic E-state index is 12.2. The van der Waals surface area contributed by atoms with Crippen LogP contribution in [0.5, 0.6) is 5.75 Å². The lowest BCUT2D eigenvalue weighted by molar-refractivity contribution is -0.141. The van der Waals surface area contributed by atoms with E-state index >= 15 is 0 Å². The third-order valence-electron chi connectivity index (χ3n) is 2.75. The van der Waals surface area contributed by atoms with Gasteiger partial charge in [-0.15, -0.1) is 0 Å². The lowest BCUT2D eigenvalue weighted by Gasteiger charge is -2.20. The first kappa shape index (κ1) is 14.0. The van der Waals surface area contributed by atoms with Crippen LogP contribution < -0.4 is 0 Å². The van der Waals surface area contributed by atoms with Crippen LogP contribution in [0.15, 0.2) is 18.2 Å². The molecule has 0 aliphatic heterocycles. The molecule has 0 atom stereocenters. The van der Waals surface area contributed by atoms with Crippen LogP contribution in [-0.2, 0) is 9.53 Å². The summed E-state index contributed by atoms with van der Waals surface area (Å²) < 4.78 is 4.54. The smallest absolute Gasteiger partial charge is 0.325 e. The van der Waals surface area contributed by atoms with Gasteiger partial charge in [0.2, 0.25) is 0 Å². The molecule has 0 aliphatic rings. The van der Waals surface area contributed by atoms with Crippen LogP contribution in [0.4, 0.5) is 0 Å². The van der Waals surface area contributed by atoms with Crippen molar-refractivity contribution in [1.29, 1.82) is 0 Å². The molecule has 0 bridgehead atoms. The zero-order valence-electron chi connectivity index (χ0n) is 10.8. The maximum Gasteiger partial charge on any atom is 0.325 e. The normalized spacial score (nSPS) is 9.94. The number of phenols is 1. The van der Waals surface area contributed by atoms with Crippen molar-refractivity contribution in [3.05, 3.63) is 29.3 Å². The SMILES string of the molecule is CCN(CC(=O)OC)C(=O)c1cccc(O)c1C. The third-order valence-corrected chi connectivity index (χ3v) is 2.75. The minimum Gasteiger partial charge on any atom is -0.508 e. The van der Waals surface area contributed by atoms with Gasteiger partial charge in [-0.2, -0.15) is 0 Å². The lowest BCUT2D eigenvalue weighted by Crippen LogP contribution is -2.36. The lowest BCUT2D eigenvalue weighted by atomic mass is 10.1. The van der Waals surface area contributed by atoms with Gasteiger partial charge in [0.05, 0.1) is 7.11 Å². The molecule has 1 N–H and O–H groups in total. The standard InChI is InChI=1S/C13H17NO4/c1-4-14(8-12(16)18-3)13(17)10-6-5-7-11(15)9(10)2/h5-7,15H,4,8H2,1-3H3. The van der Waals surface area contributed by atoms with Crippen molar-refractivity contribution >= 4 is 11.9 Å². The van der Waals surface area contributed by atoms with Gasteiger partial charge < -0.3 is 14.7 Å². The molecule has 0 saturated heterocycles. The van der Waals surface area contributed by atoms with E-state index in [0.717, 1.165) is 0 Å². The molecule has 0 heterocycles. The van der Waals surface area contributed by atoms with Gasteiger partial charge >= 0.3 is 5.97 Å². The minimum absolute atomic E-state index is 0.0648. The van der Waals surface area contributed by atoms with Gasteiger partial charge in [-0.05, 0) is 26.0 Å². The van der Waals surface area contributed by atoms with E-state index in [1.165, 1.54) is 18.1 Å². The largest absolute Gasteiger partial charge is 0.508 e. The maximum atomic E-state index is 12.2. The molecule has 0 aromatic heterocycles. The molecule has 5 nitrogen and oxygen atoms in total. The number of hydrogen-bond acceptors (Lipinski definition) is 4. The molecule has 18 heavy (non-hydrogen) atoms. The molecule has 1 aromatic rings. The third kappa shape index (κ3) is 3.00. The predicted octanol–water partition coefficient (Wildman–Crippen LogP) is 1.34. The molecule has 0 spiro atoms. The van der Waals surface area contributed by atoms with Crippen molar-refractivity contribution in [3.63, 3.8) is 0 Å². The van der Waals surface area contributed by atoms with E-state index < -0.39 is 5.97 Å². The van der Waals surface area contributed by atoms with Gasteiger partial charge in [0.1, 0.15) is 12.3 Å². The quantitative estimate of drug-likeness (QED) is 0.820. The number of methoxy groups -OCH3 is 1. The second kappa shape index (κ2) is 6.05. The number of nitrogens with zero attached hydrogens (tertiary/aromatic N) is 1. The number of benzene rings is 1. The number of aromatic hydroxyl groups is 1. The van der Waals surface area contributed by atoms with Gasteiger partial charge in [-0.1, -0.05) is 6.07 Å². The van der Waals surface area contributed by atoms with Crippen molar-refractivity contribution in [2.24, 2.45) is 0 Å². The molecule has 1 aromatic carbocycles. The zero-order chi connectivity index (χ0) is 13.7. The molecule has 0 aliphatic carbocycles. The van der Waals surface area contributed by atoms with Gasteiger partial charge in [0.15, 0.2) is 0 Å². The minimum atomic E-state index is -0.469. The Bertz CT molecular complexity index is 456. The van der Waals surface area contributed by atoms with E-state index in [9.17, 15) is 14.7 Å². The van der Waals surface area contributed by atoms with Crippen molar-refractivity contribution in [2.45, 2.75) is 13.8 Å². The summed E-state index contributed by atoms with van der Waals surface area (Å²) in [6.07, 6.45) is 0. The number of carbonyl (C=O) groups excluding carboxylic acids is 2. The number of likely N-dealkylation sites (N-methyl/N-ethyl adjacent to an activating group) is 1. The number of hydrogen-bond donors (Lipinski definition) is 1. The van der Waals surface area contributed by atoms with E-state index in [0.29, 0.717) is 17.7 Å². The Labute approximate surface area is 106 Å². The van der Waals surface area contributed by atoms with Crippen LogP contribution >= 0.6 is 0 Å². The highest BCUT2D eigenvalue weighted by Crippen LogP contribution is 2.20. The first-order valence-corrected chi connectivity index (χ1v) is 5.65. The Morgan fingerprint density at radius 1 is 1.39 bits per heavy atom. The van der Waals surface area contributed by atoms with E-state index in [1.807, 2.05) is 0 Å². The first-order chi connectivity index (χ1) is 8.51. The topological polar surface area (TPSA) is 66.8 Å². The van der Waals surface area contributed by atoms with E-state index in [4.69, 9.17) is 0 Å². The summed E-state index contributed by atoms with van der Waals surface area (Å²) in [6.45, 7) is 3.73. The summed E-state index contributed by atoms with van der Waals surface area (Å²) in [5, 5.41) is 9.57. The molecular weight excluding hydrogens is 234 g/mol. The highest BCUT2D eigenvalue weighted by atomic mass is 16.5. The Kier molecular flexibility index (Phi) is 4.71. The molecule has 1 rings (SSSR count). The summed E-state index contributed by atoms with van der Waals surface area (Å²) in [6, 6.07) is 4.74. The number of carbonyl (C=O) groups is 2. The first-order valence-electron chi connectivity index (χ1n) is 5.65. The van der Waals surface area contributed by atoms with Gasteiger partial charge in [0.25, 0.3) is 5.91 Å². The Morgan fingerprint density at radius 2 is 2.06 bits per heavy atom. The monoisotopic (exact) mass is 251 g/mol. The molecule has 0 radical (unpaired) electrons. The summed E-state index contributed by atoms with van der Waals surface area (Å²) in [5.41, 5.74) is 0.895. The van der Waals surface area contributed by atoms with Crippen LogP contribution in [0.2, 0.25) is 0 Å². The number of esters is 1. The van der Waals surface area contributed by atoms with Crippen molar-refractivity contribution in [1.82, 2.24) is 4.90 Å². The molecule has 0 unspecified atom stereocenters.